The van der Waals surface area contributed by atoms with Gasteiger partial charge < -0.3 is 9.84 Å². The van der Waals surface area contributed by atoms with Gasteiger partial charge in [-0.15, -0.1) is 0 Å². The number of aliphatic hydroxyl groups excluding tert-OH is 1. The van der Waals surface area contributed by atoms with Gasteiger partial charge >= 0.3 is 0 Å². The fourth-order valence-corrected chi connectivity index (χ4v) is 2.96. The van der Waals surface area contributed by atoms with Gasteiger partial charge in [0.2, 0.25) is 0 Å². The lowest BCUT2D eigenvalue weighted by atomic mass is 10.2. The first-order chi connectivity index (χ1) is 7.88. The van der Waals surface area contributed by atoms with Gasteiger partial charge in [-0.05, 0) is 39.9 Å². The maximum absolute atomic E-state index is 10.0. The lowest BCUT2D eigenvalue weighted by Gasteiger charge is -2.30. The molecule has 1 heterocycles. The number of thioether (sulfide) groups is 1. The second-order valence-corrected chi connectivity index (χ2v) is 7.05. The first-order valence-electron chi connectivity index (χ1n) is 6.52. The van der Waals surface area contributed by atoms with Crippen molar-refractivity contribution in [3.05, 3.63) is 0 Å². The molecule has 1 saturated heterocycles. The molecular weight excluding hydrogens is 234 g/mol. The summed E-state index contributed by atoms with van der Waals surface area (Å²) >= 11 is 2.01. The average molecular weight is 261 g/mol. The van der Waals surface area contributed by atoms with E-state index in [1.807, 2.05) is 32.5 Å². The second-order valence-electron chi connectivity index (χ2n) is 5.82. The van der Waals surface area contributed by atoms with E-state index in [0.29, 0.717) is 12.6 Å². The second kappa shape index (κ2) is 6.98. The molecule has 1 aliphatic heterocycles. The van der Waals surface area contributed by atoms with Gasteiger partial charge in [0, 0.05) is 24.9 Å². The number of ether oxygens (including phenoxy) is 1. The van der Waals surface area contributed by atoms with Crippen LogP contribution in [0.3, 0.4) is 0 Å². The van der Waals surface area contributed by atoms with E-state index in [0.717, 1.165) is 13.1 Å². The Morgan fingerprint density at radius 2 is 2.12 bits per heavy atom. The summed E-state index contributed by atoms with van der Waals surface area (Å²) in [5.41, 5.74) is -0.165. The highest BCUT2D eigenvalue weighted by Gasteiger charge is 2.21. The van der Waals surface area contributed by atoms with E-state index in [2.05, 4.69) is 11.8 Å². The molecule has 0 amide bonds. The van der Waals surface area contributed by atoms with E-state index in [-0.39, 0.29) is 11.7 Å². The van der Waals surface area contributed by atoms with Crippen LogP contribution in [0.5, 0.6) is 0 Å². The summed E-state index contributed by atoms with van der Waals surface area (Å²) < 4.78 is 5.62. The number of rotatable bonds is 4. The summed E-state index contributed by atoms with van der Waals surface area (Å²) in [5.74, 6) is 2.42. The van der Waals surface area contributed by atoms with Gasteiger partial charge in [0.15, 0.2) is 0 Å². The third-order valence-electron chi connectivity index (χ3n) is 2.98. The van der Waals surface area contributed by atoms with Crippen LogP contribution in [-0.2, 0) is 4.74 Å². The zero-order chi connectivity index (χ0) is 12.9. The molecule has 0 bridgehead atoms. The van der Waals surface area contributed by atoms with E-state index in [9.17, 15) is 5.11 Å². The quantitative estimate of drug-likeness (QED) is 0.839. The van der Waals surface area contributed by atoms with Crippen molar-refractivity contribution in [1.29, 1.82) is 0 Å². The van der Waals surface area contributed by atoms with Crippen molar-refractivity contribution in [2.75, 3.05) is 31.2 Å². The smallest absolute Gasteiger partial charge is 0.0900 e. The van der Waals surface area contributed by atoms with Crippen molar-refractivity contribution >= 4 is 11.8 Å². The van der Waals surface area contributed by atoms with E-state index >= 15 is 0 Å². The molecule has 0 aromatic heterocycles. The molecule has 17 heavy (non-hydrogen) atoms. The van der Waals surface area contributed by atoms with Gasteiger partial charge in [0.25, 0.3) is 0 Å². The average Bonchev–Trinajstić information content (AvgIpc) is 2.41. The first kappa shape index (κ1) is 15.3. The molecule has 1 fully saturated rings. The summed E-state index contributed by atoms with van der Waals surface area (Å²) in [5, 5.41) is 10.0. The molecule has 3 nitrogen and oxygen atoms in total. The molecule has 0 aromatic carbocycles. The van der Waals surface area contributed by atoms with Crippen molar-refractivity contribution in [1.82, 2.24) is 4.90 Å². The van der Waals surface area contributed by atoms with Gasteiger partial charge in [0.1, 0.15) is 0 Å². The molecule has 1 rings (SSSR count). The molecular formula is C13H27NO2S. The summed E-state index contributed by atoms with van der Waals surface area (Å²) in [4.78, 5) is 2.39. The molecule has 0 unspecified atom stereocenters. The van der Waals surface area contributed by atoms with Gasteiger partial charge in [0.05, 0.1) is 18.3 Å². The van der Waals surface area contributed by atoms with Gasteiger partial charge in [-0.25, -0.2) is 0 Å². The molecule has 0 aliphatic carbocycles. The number of hydrogen-bond acceptors (Lipinski definition) is 4. The van der Waals surface area contributed by atoms with E-state index < -0.39 is 0 Å². The Hall–Kier alpha value is 0.230. The van der Waals surface area contributed by atoms with Crippen molar-refractivity contribution in [2.24, 2.45) is 0 Å². The van der Waals surface area contributed by atoms with E-state index in [1.54, 1.807) is 0 Å². The van der Waals surface area contributed by atoms with E-state index in [4.69, 9.17) is 4.74 Å². The highest BCUT2D eigenvalue weighted by molar-refractivity contribution is 7.99. The Morgan fingerprint density at radius 1 is 1.41 bits per heavy atom. The number of aliphatic hydroxyl groups is 1. The lowest BCUT2D eigenvalue weighted by Crippen LogP contribution is -2.42. The fraction of sp³-hybridized carbons (Fsp3) is 1.00. The molecule has 102 valence electrons. The highest BCUT2D eigenvalue weighted by atomic mass is 32.2. The molecule has 2 atom stereocenters. The zero-order valence-corrected chi connectivity index (χ0v) is 12.4. The van der Waals surface area contributed by atoms with Crippen LogP contribution in [0.25, 0.3) is 0 Å². The summed E-state index contributed by atoms with van der Waals surface area (Å²) in [7, 11) is 0. The van der Waals surface area contributed by atoms with Gasteiger partial charge in [-0.1, -0.05) is 0 Å². The van der Waals surface area contributed by atoms with Crippen LogP contribution in [0, 0.1) is 0 Å². The molecule has 0 aromatic rings. The van der Waals surface area contributed by atoms with Crippen molar-refractivity contribution in [2.45, 2.75) is 51.9 Å². The maximum atomic E-state index is 10.0. The highest BCUT2D eigenvalue weighted by Crippen LogP contribution is 2.16. The molecule has 4 heteroatoms. The molecule has 1 aliphatic rings. The number of β-amino-alcohol motifs (C(OH)–C–C–N with tert-alkyl or cyclic N) is 1. The molecule has 1 N–H and O–H groups in total. The monoisotopic (exact) mass is 261 g/mol. The predicted octanol–water partition coefficient (Wildman–Crippen LogP) is 1.99. The van der Waals surface area contributed by atoms with Crippen LogP contribution in [0.15, 0.2) is 0 Å². The minimum absolute atomic E-state index is 0.165. The summed E-state index contributed by atoms with van der Waals surface area (Å²) in [6.07, 6.45) is 0.845. The first-order valence-corrected chi connectivity index (χ1v) is 7.68. The lowest BCUT2D eigenvalue weighted by molar-refractivity contribution is -0.0579. The minimum Gasteiger partial charge on any atom is -0.389 e. The Kier molecular flexibility index (Phi) is 6.27. The fourth-order valence-electron chi connectivity index (χ4n) is 1.88. The van der Waals surface area contributed by atoms with E-state index in [1.165, 1.54) is 17.9 Å². The normalized spacial score (nSPS) is 25.6. The SMILES string of the molecule is C[C@@H]1CCSCCN1C[C@@H](O)COC(C)(C)C. The van der Waals surface area contributed by atoms with Crippen molar-refractivity contribution in [3.8, 4) is 0 Å². The topological polar surface area (TPSA) is 32.7 Å². The van der Waals surface area contributed by atoms with Crippen LogP contribution in [0.4, 0.5) is 0 Å². The maximum Gasteiger partial charge on any atom is 0.0900 e. The van der Waals surface area contributed by atoms with Crippen molar-refractivity contribution < 1.29 is 9.84 Å². The number of nitrogens with zero attached hydrogens (tertiary/aromatic N) is 1. The van der Waals surface area contributed by atoms with Crippen LogP contribution in [0.2, 0.25) is 0 Å². The van der Waals surface area contributed by atoms with Crippen LogP contribution in [0.1, 0.15) is 34.1 Å². The number of hydrogen-bond donors (Lipinski definition) is 1. The summed E-state index contributed by atoms with van der Waals surface area (Å²) in [6, 6.07) is 0.578. The predicted molar refractivity (Wildman–Crippen MR) is 74.7 cm³/mol. The Morgan fingerprint density at radius 3 is 2.76 bits per heavy atom. The van der Waals surface area contributed by atoms with Gasteiger partial charge in [-0.3, -0.25) is 4.90 Å². The third kappa shape index (κ3) is 6.65. The third-order valence-corrected chi connectivity index (χ3v) is 3.98. The minimum atomic E-state index is -0.375. The Labute approximate surface area is 110 Å². The van der Waals surface area contributed by atoms with Crippen molar-refractivity contribution in [3.63, 3.8) is 0 Å². The van der Waals surface area contributed by atoms with Gasteiger partial charge in [-0.2, -0.15) is 11.8 Å². The molecule has 0 radical (unpaired) electrons. The zero-order valence-electron chi connectivity index (χ0n) is 11.6. The largest absolute Gasteiger partial charge is 0.389 e. The summed E-state index contributed by atoms with van der Waals surface area (Å²) in [6.45, 7) is 10.6. The van der Waals surface area contributed by atoms with Crippen LogP contribution < -0.4 is 0 Å². The molecule has 0 saturated carbocycles. The molecule has 0 spiro atoms. The van der Waals surface area contributed by atoms with Crippen LogP contribution in [-0.4, -0.2) is 59.0 Å². The Bertz CT molecular complexity index is 218. The standard InChI is InChI=1S/C13H27NO2S/c1-11-5-7-17-8-6-14(11)9-12(15)10-16-13(2,3)4/h11-12,15H,5-10H2,1-4H3/t11-,12-/m1/s1. The Balaban J connectivity index is 2.30. The van der Waals surface area contributed by atoms with Crippen LogP contribution >= 0.6 is 11.8 Å².